The standard InChI is InChI=1S/C13H15ClFN5O/c1-3-11-17-12(19-20(11)2)18-13(21)16-7-8-9(14)5-4-6-10(8)15/h4-6H,3,7H2,1-2H3,(H2,16,18,19,21). The zero-order valence-electron chi connectivity index (χ0n) is 11.7. The Balaban J connectivity index is 1.96. The molecule has 0 spiro atoms. The average molecular weight is 312 g/mol. The number of benzene rings is 1. The summed E-state index contributed by atoms with van der Waals surface area (Å²) in [5.41, 5.74) is 0.234. The monoisotopic (exact) mass is 311 g/mol. The third kappa shape index (κ3) is 3.69. The van der Waals surface area contributed by atoms with E-state index in [1.54, 1.807) is 17.8 Å². The summed E-state index contributed by atoms with van der Waals surface area (Å²) < 4.78 is 15.1. The number of amides is 2. The number of anilines is 1. The summed E-state index contributed by atoms with van der Waals surface area (Å²) >= 11 is 5.88. The molecule has 0 radical (unpaired) electrons. The van der Waals surface area contributed by atoms with Crippen molar-refractivity contribution in [1.82, 2.24) is 20.1 Å². The molecule has 0 aliphatic rings. The van der Waals surface area contributed by atoms with Crippen LogP contribution in [-0.2, 0) is 20.0 Å². The van der Waals surface area contributed by atoms with Gasteiger partial charge < -0.3 is 5.32 Å². The van der Waals surface area contributed by atoms with E-state index in [-0.39, 0.29) is 23.1 Å². The largest absolute Gasteiger partial charge is 0.334 e. The van der Waals surface area contributed by atoms with Crippen LogP contribution >= 0.6 is 11.6 Å². The Labute approximate surface area is 126 Å². The third-order valence-electron chi connectivity index (χ3n) is 2.88. The number of nitrogens with one attached hydrogen (secondary N) is 2. The van der Waals surface area contributed by atoms with E-state index in [0.717, 1.165) is 5.82 Å². The maximum absolute atomic E-state index is 13.5. The normalized spacial score (nSPS) is 10.5. The Morgan fingerprint density at radius 2 is 2.24 bits per heavy atom. The third-order valence-corrected chi connectivity index (χ3v) is 3.24. The maximum atomic E-state index is 13.5. The molecule has 2 rings (SSSR count). The molecule has 0 aliphatic carbocycles. The highest BCUT2D eigenvalue weighted by Crippen LogP contribution is 2.18. The summed E-state index contributed by atoms with van der Waals surface area (Å²) in [6, 6.07) is 3.83. The summed E-state index contributed by atoms with van der Waals surface area (Å²) in [4.78, 5) is 15.9. The first-order chi connectivity index (χ1) is 10.0. The van der Waals surface area contributed by atoms with Crippen molar-refractivity contribution in [2.24, 2.45) is 7.05 Å². The minimum atomic E-state index is -0.525. The quantitative estimate of drug-likeness (QED) is 0.911. The van der Waals surface area contributed by atoms with Crippen LogP contribution in [0.3, 0.4) is 0 Å². The van der Waals surface area contributed by atoms with Crippen molar-refractivity contribution in [3.63, 3.8) is 0 Å². The molecule has 0 saturated carbocycles. The Morgan fingerprint density at radius 1 is 1.48 bits per heavy atom. The molecule has 0 unspecified atom stereocenters. The number of hydrogen-bond donors (Lipinski definition) is 2. The van der Waals surface area contributed by atoms with Gasteiger partial charge >= 0.3 is 6.03 Å². The SMILES string of the molecule is CCc1nc(NC(=O)NCc2c(F)cccc2Cl)nn1C. The fraction of sp³-hybridized carbons (Fsp3) is 0.308. The van der Waals surface area contributed by atoms with E-state index in [9.17, 15) is 9.18 Å². The first kappa shape index (κ1) is 15.2. The lowest BCUT2D eigenvalue weighted by Gasteiger charge is -2.07. The second kappa shape index (κ2) is 6.53. The van der Waals surface area contributed by atoms with Gasteiger partial charge in [0.2, 0.25) is 5.95 Å². The van der Waals surface area contributed by atoms with Crippen LogP contribution in [0.2, 0.25) is 5.02 Å². The molecule has 1 aromatic heterocycles. The number of carbonyl (C=O) groups is 1. The molecule has 1 aromatic carbocycles. The van der Waals surface area contributed by atoms with Crippen LogP contribution in [0.15, 0.2) is 18.2 Å². The smallest absolute Gasteiger partial charge is 0.321 e. The number of urea groups is 1. The highest BCUT2D eigenvalue weighted by atomic mass is 35.5. The van der Waals surface area contributed by atoms with Gasteiger partial charge in [-0.25, -0.2) is 9.18 Å². The van der Waals surface area contributed by atoms with Crippen molar-refractivity contribution in [2.45, 2.75) is 19.9 Å². The molecule has 6 nitrogen and oxygen atoms in total. The lowest BCUT2D eigenvalue weighted by Crippen LogP contribution is -2.29. The molecule has 2 aromatic rings. The highest BCUT2D eigenvalue weighted by Gasteiger charge is 2.11. The van der Waals surface area contributed by atoms with E-state index in [2.05, 4.69) is 20.7 Å². The Morgan fingerprint density at radius 3 is 2.86 bits per heavy atom. The summed E-state index contributed by atoms with van der Waals surface area (Å²) in [6.45, 7) is 1.92. The molecular weight excluding hydrogens is 297 g/mol. The van der Waals surface area contributed by atoms with E-state index in [4.69, 9.17) is 11.6 Å². The van der Waals surface area contributed by atoms with Crippen LogP contribution in [0.1, 0.15) is 18.3 Å². The van der Waals surface area contributed by atoms with Crippen molar-refractivity contribution >= 4 is 23.6 Å². The lowest BCUT2D eigenvalue weighted by molar-refractivity contribution is 0.251. The number of halogens is 2. The molecule has 8 heteroatoms. The van der Waals surface area contributed by atoms with Gasteiger partial charge in [0, 0.05) is 30.6 Å². The number of carbonyl (C=O) groups excluding carboxylic acids is 1. The molecule has 0 fully saturated rings. The van der Waals surface area contributed by atoms with Crippen LogP contribution in [0, 0.1) is 5.82 Å². The average Bonchev–Trinajstić information content (AvgIpc) is 2.78. The molecule has 0 bridgehead atoms. The van der Waals surface area contributed by atoms with E-state index in [1.165, 1.54) is 12.1 Å². The molecular formula is C13H15ClFN5O. The number of aromatic nitrogens is 3. The van der Waals surface area contributed by atoms with Gasteiger partial charge in [0.1, 0.15) is 11.6 Å². The Hall–Kier alpha value is -2.15. The second-order valence-corrected chi connectivity index (χ2v) is 4.74. The molecule has 21 heavy (non-hydrogen) atoms. The Kier molecular flexibility index (Phi) is 4.74. The molecule has 0 saturated heterocycles. The van der Waals surface area contributed by atoms with Gasteiger partial charge in [0.25, 0.3) is 0 Å². The predicted molar refractivity (Wildman–Crippen MR) is 77.6 cm³/mol. The zero-order chi connectivity index (χ0) is 15.4. The van der Waals surface area contributed by atoms with E-state index < -0.39 is 11.8 Å². The van der Waals surface area contributed by atoms with Crippen LogP contribution < -0.4 is 10.6 Å². The van der Waals surface area contributed by atoms with Gasteiger partial charge in [-0.3, -0.25) is 10.00 Å². The number of rotatable bonds is 4. The molecule has 1 heterocycles. The minimum absolute atomic E-state index is 0.0230. The first-order valence-electron chi connectivity index (χ1n) is 6.39. The van der Waals surface area contributed by atoms with Crippen molar-refractivity contribution in [1.29, 1.82) is 0 Å². The summed E-state index contributed by atoms with van der Waals surface area (Å²) in [5.74, 6) is 0.487. The molecule has 0 aliphatic heterocycles. The van der Waals surface area contributed by atoms with Crippen molar-refractivity contribution in [3.8, 4) is 0 Å². The highest BCUT2D eigenvalue weighted by molar-refractivity contribution is 6.31. The summed E-state index contributed by atoms with van der Waals surface area (Å²) in [5, 5.41) is 9.31. The van der Waals surface area contributed by atoms with Crippen molar-refractivity contribution < 1.29 is 9.18 Å². The lowest BCUT2D eigenvalue weighted by atomic mass is 10.2. The van der Waals surface area contributed by atoms with Crippen molar-refractivity contribution in [2.75, 3.05) is 5.32 Å². The van der Waals surface area contributed by atoms with E-state index in [1.807, 2.05) is 6.92 Å². The van der Waals surface area contributed by atoms with Crippen LogP contribution in [-0.4, -0.2) is 20.8 Å². The van der Waals surface area contributed by atoms with Gasteiger partial charge in [-0.05, 0) is 12.1 Å². The van der Waals surface area contributed by atoms with Gasteiger partial charge in [-0.1, -0.05) is 24.6 Å². The van der Waals surface area contributed by atoms with Crippen LogP contribution in [0.5, 0.6) is 0 Å². The molecule has 0 atom stereocenters. The van der Waals surface area contributed by atoms with Gasteiger partial charge in [0.15, 0.2) is 0 Å². The van der Waals surface area contributed by atoms with Crippen LogP contribution in [0.4, 0.5) is 15.1 Å². The molecule has 2 N–H and O–H groups in total. The zero-order valence-corrected chi connectivity index (χ0v) is 12.4. The van der Waals surface area contributed by atoms with Gasteiger partial charge in [0.05, 0.1) is 0 Å². The van der Waals surface area contributed by atoms with E-state index in [0.29, 0.717) is 6.42 Å². The van der Waals surface area contributed by atoms with Gasteiger partial charge in [-0.2, -0.15) is 4.98 Å². The fourth-order valence-electron chi connectivity index (χ4n) is 1.79. The number of aryl methyl sites for hydroxylation is 2. The maximum Gasteiger partial charge on any atom is 0.321 e. The number of hydrogen-bond acceptors (Lipinski definition) is 3. The number of nitrogens with zero attached hydrogens (tertiary/aromatic N) is 3. The van der Waals surface area contributed by atoms with Crippen molar-refractivity contribution in [3.05, 3.63) is 40.4 Å². The van der Waals surface area contributed by atoms with E-state index >= 15 is 0 Å². The Bertz CT molecular complexity index is 638. The van der Waals surface area contributed by atoms with Crippen LogP contribution in [0.25, 0.3) is 0 Å². The topological polar surface area (TPSA) is 71.8 Å². The summed E-state index contributed by atoms with van der Waals surface area (Å²) in [6.07, 6.45) is 0.706. The first-order valence-corrected chi connectivity index (χ1v) is 6.76. The van der Waals surface area contributed by atoms with Gasteiger partial charge in [-0.15, -0.1) is 5.10 Å². The predicted octanol–water partition coefficient (Wildman–Crippen LogP) is 2.49. The summed E-state index contributed by atoms with van der Waals surface area (Å²) in [7, 11) is 1.74. The molecule has 2 amide bonds. The fourth-order valence-corrected chi connectivity index (χ4v) is 2.02. The second-order valence-electron chi connectivity index (χ2n) is 4.34. The minimum Gasteiger partial charge on any atom is -0.334 e. The molecule has 112 valence electrons.